The first-order valence-electron chi connectivity index (χ1n) is 5.13. The maximum Gasteiger partial charge on any atom is 0.175 e. The second kappa shape index (κ2) is 5.42. The number of hydrogen-bond donors (Lipinski definition) is 1. The van der Waals surface area contributed by atoms with Gasteiger partial charge >= 0.3 is 0 Å². The summed E-state index contributed by atoms with van der Waals surface area (Å²) in [6.07, 6.45) is 1.17. The Balaban J connectivity index is 0.00000162. The van der Waals surface area contributed by atoms with Crippen LogP contribution in [0.2, 0.25) is 0 Å². The molecule has 5 heteroatoms. The number of benzene rings is 2. The normalized spacial score (nSPS) is 10.7. The molecule has 2 aromatic carbocycles. The Morgan fingerprint density at radius 1 is 1.00 bits per heavy atom. The fraction of sp³-hybridized carbons (Fsp3) is 0.0769. The molecule has 3 nitrogen and oxygen atoms in total. The highest BCUT2D eigenvalue weighted by Crippen LogP contribution is 2.27. The van der Waals surface area contributed by atoms with Gasteiger partial charge < -0.3 is 5.73 Å². The first-order chi connectivity index (χ1) is 7.98. The Labute approximate surface area is 113 Å². The summed E-state index contributed by atoms with van der Waals surface area (Å²) in [5.41, 5.74) is 8.18. The zero-order valence-electron chi connectivity index (χ0n) is 9.83. The summed E-state index contributed by atoms with van der Waals surface area (Å²) in [5.74, 6) is 0. The smallest absolute Gasteiger partial charge is 0.175 e. The van der Waals surface area contributed by atoms with Crippen molar-refractivity contribution in [2.45, 2.75) is 4.90 Å². The lowest BCUT2D eigenvalue weighted by atomic mass is 10.0. The highest BCUT2D eigenvalue weighted by atomic mass is 35.5. The topological polar surface area (TPSA) is 60.2 Å². The van der Waals surface area contributed by atoms with Crippen molar-refractivity contribution in [3.63, 3.8) is 0 Å². The SMILES string of the molecule is CS(=O)(=O)c1ccc(-c2ccccc2)c(N)c1.Cl. The number of hydrogen-bond acceptors (Lipinski definition) is 3. The van der Waals surface area contributed by atoms with Crippen molar-refractivity contribution in [1.82, 2.24) is 0 Å². The van der Waals surface area contributed by atoms with E-state index in [0.717, 1.165) is 11.1 Å². The van der Waals surface area contributed by atoms with Crippen LogP contribution in [0.25, 0.3) is 11.1 Å². The number of halogens is 1. The number of rotatable bonds is 2. The summed E-state index contributed by atoms with van der Waals surface area (Å²) in [6.45, 7) is 0. The molecule has 0 unspecified atom stereocenters. The van der Waals surface area contributed by atoms with E-state index in [1.54, 1.807) is 12.1 Å². The van der Waals surface area contributed by atoms with Crippen LogP contribution in [0.4, 0.5) is 5.69 Å². The molecule has 2 rings (SSSR count). The van der Waals surface area contributed by atoms with Gasteiger partial charge in [-0.2, -0.15) is 0 Å². The van der Waals surface area contributed by atoms with Gasteiger partial charge in [0, 0.05) is 17.5 Å². The molecule has 0 aliphatic carbocycles. The molecule has 2 N–H and O–H groups in total. The van der Waals surface area contributed by atoms with Gasteiger partial charge in [-0.05, 0) is 17.7 Å². The van der Waals surface area contributed by atoms with Crippen LogP contribution in [0.15, 0.2) is 53.4 Å². The zero-order valence-corrected chi connectivity index (χ0v) is 11.5. The molecule has 0 aromatic heterocycles. The zero-order chi connectivity index (χ0) is 12.5. The molecular weight excluding hydrogens is 270 g/mol. The fourth-order valence-corrected chi connectivity index (χ4v) is 2.31. The predicted octanol–water partition coefficient (Wildman–Crippen LogP) is 2.76. The standard InChI is InChI=1S/C13H13NO2S.ClH/c1-17(15,16)11-7-8-12(13(14)9-11)10-5-3-2-4-6-10;/h2-9H,14H2,1H3;1H. The first-order valence-corrected chi connectivity index (χ1v) is 7.02. The van der Waals surface area contributed by atoms with Crippen LogP contribution < -0.4 is 5.73 Å². The van der Waals surface area contributed by atoms with E-state index in [-0.39, 0.29) is 17.3 Å². The van der Waals surface area contributed by atoms with Crippen LogP contribution in [0, 0.1) is 0 Å². The van der Waals surface area contributed by atoms with Crippen molar-refractivity contribution in [2.24, 2.45) is 0 Å². The van der Waals surface area contributed by atoms with E-state index in [2.05, 4.69) is 0 Å². The minimum Gasteiger partial charge on any atom is -0.398 e. The molecule has 18 heavy (non-hydrogen) atoms. The van der Waals surface area contributed by atoms with Crippen LogP contribution in [-0.4, -0.2) is 14.7 Å². The van der Waals surface area contributed by atoms with Crippen molar-refractivity contribution in [3.8, 4) is 11.1 Å². The summed E-state index contributed by atoms with van der Waals surface area (Å²) in [6, 6.07) is 14.4. The monoisotopic (exact) mass is 283 g/mol. The molecule has 0 spiro atoms. The first kappa shape index (κ1) is 14.5. The number of sulfone groups is 1. The van der Waals surface area contributed by atoms with Crippen LogP contribution in [0.5, 0.6) is 0 Å². The Morgan fingerprint density at radius 3 is 2.11 bits per heavy atom. The highest BCUT2D eigenvalue weighted by Gasteiger charge is 2.10. The van der Waals surface area contributed by atoms with Crippen LogP contribution >= 0.6 is 12.4 Å². The van der Waals surface area contributed by atoms with Gasteiger partial charge in [0.05, 0.1) is 4.90 Å². The van der Waals surface area contributed by atoms with Gasteiger partial charge in [0.25, 0.3) is 0 Å². The quantitative estimate of drug-likeness (QED) is 0.862. The fourth-order valence-electron chi connectivity index (χ4n) is 1.65. The summed E-state index contributed by atoms with van der Waals surface area (Å²) >= 11 is 0. The molecule has 0 saturated carbocycles. The van der Waals surface area contributed by atoms with Gasteiger partial charge in [-0.3, -0.25) is 0 Å². The number of anilines is 1. The maximum atomic E-state index is 11.4. The van der Waals surface area contributed by atoms with E-state index >= 15 is 0 Å². The number of nitrogens with two attached hydrogens (primary N) is 1. The Kier molecular flexibility index (Phi) is 4.38. The average Bonchev–Trinajstić information content (AvgIpc) is 2.29. The van der Waals surface area contributed by atoms with Gasteiger partial charge in [0.2, 0.25) is 0 Å². The van der Waals surface area contributed by atoms with E-state index in [0.29, 0.717) is 5.69 Å². The largest absolute Gasteiger partial charge is 0.398 e. The maximum absolute atomic E-state index is 11.4. The molecule has 0 radical (unpaired) electrons. The van der Waals surface area contributed by atoms with E-state index < -0.39 is 9.84 Å². The third-order valence-electron chi connectivity index (χ3n) is 2.54. The van der Waals surface area contributed by atoms with E-state index in [1.165, 1.54) is 12.3 Å². The third-order valence-corrected chi connectivity index (χ3v) is 3.65. The van der Waals surface area contributed by atoms with Gasteiger partial charge in [-0.25, -0.2) is 8.42 Å². The van der Waals surface area contributed by atoms with E-state index in [9.17, 15) is 8.42 Å². The molecule has 0 bridgehead atoms. The van der Waals surface area contributed by atoms with E-state index in [4.69, 9.17) is 5.73 Å². The highest BCUT2D eigenvalue weighted by molar-refractivity contribution is 7.90. The molecule has 0 heterocycles. The second-order valence-corrected chi connectivity index (χ2v) is 5.90. The summed E-state index contributed by atoms with van der Waals surface area (Å²) in [5, 5.41) is 0. The van der Waals surface area contributed by atoms with Gasteiger partial charge in [0.15, 0.2) is 9.84 Å². The van der Waals surface area contributed by atoms with Crippen molar-refractivity contribution < 1.29 is 8.42 Å². The second-order valence-electron chi connectivity index (χ2n) is 3.89. The summed E-state index contributed by atoms with van der Waals surface area (Å²) in [7, 11) is -3.20. The molecule has 96 valence electrons. The van der Waals surface area contributed by atoms with Crippen LogP contribution in [-0.2, 0) is 9.84 Å². The molecule has 0 atom stereocenters. The van der Waals surface area contributed by atoms with Crippen molar-refractivity contribution >= 4 is 27.9 Å². The molecule has 0 aliphatic rings. The molecule has 0 amide bonds. The van der Waals surface area contributed by atoms with Crippen molar-refractivity contribution in [1.29, 1.82) is 0 Å². The van der Waals surface area contributed by atoms with Gasteiger partial charge in [-0.1, -0.05) is 36.4 Å². The molecule has 0 fully saturated rings. The summed E-state index contributed by atoms with van der Waals surface area (Å²) in [4.78, 5) is 0.245. The van der Waals surface area contributed by atoms with Crippen molar-refractivity contribution in [3.05, 3.63) is 48.5 Å². The third kappa shape index (κ3) is 3.03. The lowest BCUT2D eigenvalue weighted by molar-refractivity contribution is 0.602. The molecule has 0 saturated heterocycles. The van der Waals surface area contributed by atoms with E-state index in [1.807, 2.05) is 30.3 Å². The molecule has 0 aliphatic heterocycles. The minimum atomic E-state index is -3.20. The Morgan fingerprint density at radius 2 is 1.61 bits per heavy atom. The van der Waals surface area contributed by atoms with Crippen molar-refractivity contribution in [2.75, 3.05) is 12.0 Å². The van der Waals surface area contributed by atoms with Crippen LogP contribution in [0.1, 0.15) is 0 Å². The predicted molar refractivity (Wildman–Crippen MR) is 76.6 cm³/mol. The Bertz CT molecular complexity index is 639. The lowest BCUT2D eigenvalue weighted by Crippen LogP contribution is -1.99. The lowest BCUT2D eigenvalue weighted by Gasteiger charge is -2.07. The number of nitrogen functional groups attached to an aromatic ring is 1. The molecule has 2 aromatic rings. The van der Waals surface area contributed by atoms with Gasteiger partial charge in [0.1, 0.15) is 0 Å². The minimum absolute atomic E-state index is 0. The Hall–Kier alpha value is -1.52. The average molecular weight is 284 g/mol. The van der Waals surface area contributed by atoms with Gasteiger partial charge in [-0.15, -0.1) is 12.4 Å². The van der Waals surface area contributed by atoms with Crippen LogP contribution in [0.3, 0.4) is 0 Å². The molecular formula is C13H14ClNO2S. The summed E-state index contributed by atoms with van der Waals surface area (Å²) < 4.78 is 22.8.